The number of hydrogen-bond acceptors (Lipinski definition) is 1. The molecule has 0 saturated heterocycles. The van der Waals surface area contributed by atoms with Gasteiger partial charge in [0.25, 0.3) is 0 Å². The Bertz CT molecular complexity index is 105. The molecule has 1 rings (SSSR count). The Morgan fingerprint density at radius 2 is 2.50 bits per heavy atom. The average Bonchev–Trinajstić information content (AvgIpc) is 1.77. The molecule has 1 heteroatoms. The molecule has 1 atom stereocenters. The second-order valence-electron chi connectivity index (χ2n) is 2.58. The van der Waals surface area contributed by atoms with Gasteiger partial charge in [0.2, 0.25) is 0 Å². The van der Waals surface area contributed by atoms with E-state index < -0.39 is 0 Å². The van der Waals surface area contributed by atoms with E-state index in [1.165, 1.54) is 0 Å². The van der Waals surface area contributed by atoms with Gasteiger partial charge in [0.1, 0.15) is 0 Å². The molecule has 0 radical (unpaired) electrons. The number of aliphatic hydroxyl groups excluding tert-OH is 1. The van der Waals surface area contributed by atoms with Gasteiger partial charge in [-0.25, -0.2) is 0 Å². The highest BCUT2D eigenvalue weighted by Crippen LogP contribution is 2.20. The van der Waals surface area contributed by atoms with Gasteiger partial charge in [-0.1, -0.05) is 6.92 Å². The molecule has 0 unspecified atom stereocenters. The molecule has 1 nitrogen and oxygen atoms in total. The number of aliphatic hydroxyl groups is 1. The molecular weight excluding hydrogens is 100 g/mol. The monoisotopic (exact) mass is 112 g/mol. The van der Waals surface area contributed by atoms with Crippen LogP contribution in [0.5, 0.6) is 0 Å². The minimum absolute atomic E-state index is 0.586. The van der Waals surface area contributed by atoms with Crippen LogP contribution in [0.4, 0.5) is 0 Å². The standard InChI is InChI=1S/C7H12O/c1-6-2-4-7(8)5-3-6/h4,6,8H,2-3,5H2,1H3/t6-/m0/s1. The third-order valence-electron chi connectivity index (χ3n) is 1.65. The van der Waals surface area contributed by atoms with E-state index in [4.69, 9.17) is 5.11 Å². The second-order valence-corrected chi connectivity index (χ2v) is 2.58. The summed E-state index contributed by atoms with van der Waals surface area (Å²) in [5.74, 6) is 1.37. The van der Waals surface area contributed by atoms with Gasteiger partial charge in [-0.15, -0.1) is 0 Å². The maximum atomic E-state index is 8.89. The molecule has 1 N–H and O–H groups in total. The first kappa shape index (κ1) is 5.67. The van der Waals surface area contributed by atoms with Crippen LogP contribution in [0.15, 0.2) is 11.8 Å². The second kappa shape index (κ2) is 2.21. The third kappa shape index (κ3) is 1.25. The summed E-state index contributed by atoms with van der Waals surface area (Å²) in [6.45, 7) is 2.21. The summed E-state index contributed by atoms with van der Waals surface area (Å²) in [6, 6.07) is 0. The topological polar surface area (TPSA) is 20.2 Å². The van der Waals surface area contributed by atoms with Gasteiger partial charge in [0.05, 0.1) is 5.76 Å². The normalized spacial score (nSPS) is 29.6. The SMILES string of the molecule is C[C@H]1CC=C(O)CC1. The van der Waals surface area contributed by atoms with Crippen molar-refractivity contribution in [3.05, 3.63) is 11.8 Å². The maximum absolute atomic E-state index is 8.89. The summed E-state index contributed by atoms with van der Waals surface area (Å²) in [6.07, 6.45) is 5.03. The van der Waals surface area contributed by atoms with Gasteiger partial charge < -0.3 is 5.11 Å². The first-order valence-corrected chi connectivity index (χ1v) is 3.17. The quantitative estimate of drug-likeness (QED) is 0.509. The van der Waals surface area contributed by atoms with Crippen LogP contribution in [0, 0.1) is 5.92 Å². The van der Waals surface area contributed by atoms with Gasteiger partial charge in [-0.3, -0.25) is 0 Å². The van der Waals surface area contributed by atoms with E-state index >= 15 is 0 Å². The van der Waals surface area contributed by atoms with Gasteiger partial charge in [-0.05, 0) is 24.8 Å². The molecule has 0 aromatic carbocycles. The van der Waals surface area contributed by atoms with Crippen LogP contribution in [-0.2, 0) is 0 Å². The van der Waals surface area contributed by atoms with Crippen LogP contribution < -0.4 is 0 Å². The fourth-order valence-electron chi connectivity index (χ4n) is 0.951. The summed E-state index contributed by atoms with van der Waals surface area (Å²) in [7, 11) is 0. The van der Waals surface area contributed by atoms with Crippen molar-refractivity contribution in [2.75, 3.05) is 0 Å². The number of allylic oxidation sites excluding steroid dienone is 2. The Labute approximate surface area is 50.0 Å². The van der Waals surface area contributed by atoms with Crippen LogP contribution in [0.2, 0.25) is 0 Å². The van der Waals surface area contributed by atoms with Crippen molar-refractivity contribution in [3.63, 3.8) is 0 Å². The van der Waals surface area contributed by atoms with Crippen LogP contribution in [0.1, 0.15) is 26.2 Å². The molecule has 1 aliphatic rings. The molecule has 0 aromatic rings. The van der Waals surface area contributed by atoms with E-state index in [0.29, 0.717) is 5.76 Å². The van der Waals surface area contributed by atoms with Crippen LogP contribution in [-0.4, -0.2) is 5.11 Å². The van der Waals surface area contributed by atoms with Gasteiger partial charge >= 0.3 is 0 Å². The average molecular weight is 112 g/mol. The molecule has 0 spiro atoms. The smallest absolute Gasteiger partial charge is 0.0883 e. The minimum Gasteiger partial charge on any atom is -0.513 e. The van der Waals surface area contributed by atoms with Crippen molar-refractivity contribution in [2.45, 2.75) is 26.2 Å². The molecule has 0 amide bonds. The van der Waals surface area contributed by atoms with Crippen molar-refractivity contribution in [3.8, 4) is 0 Å². The first-order valence-electron chi connectivity index (χ1n) is 3.17. The molecule has 0 saturated carbocycles. The Morgan fingerprint density at radius 1 is 1.75 bits per heavy atom. The Morgan fingerprint density at radius 3 is 2.88 bits per heavy atom. The highest BCUT2D eigenvalue weighted by Gasteiger charge is 2.07. The fourth-order valence-corrected chi connectivity index (χ4v) is 0.951. The van der Waals surface area contributed by atoms with Crippen LogP contribution in [0.25, 0.3) is 0 Å². The van der Waals surface area contributed by atoms with Crippen molar-refractivity contribution in [2.24, 2.45) is 5.92 Å². The van der Waals surface area contributed by atoms with E-state index in [0.717, 1.165) is 25.2 Å². The molecule has 0 aromatic heterocycles. The zero-order valence-corrected chi connectivity index (χ0v) is 5.22. The molecule has 46 valence electrons. The van der Waals surface area contributed by atoms with E-state index in [2.05, 4.69) is 6.92 Å². The summed E-state index contributed by atoms with van der Waals surface area (Å²) in [4.78, 5) is 0. The van der Waals surface area contributed by atoms with Gasteiger partial charge in [0.15, 0.2) is 0 Å². The lowest BCUT2D eigenvalue weighted by atomic mass is 9.96. The first-order chi connectivity index (χ1) is 3.79. The maximum Gasteiger partial charge on any atom is 0.0883 e. The van der Waals surface area contributed by atoms with E-state index in [1.807, 2.05) is 6.08 Å². The number of rotatable bonds is 0. The van der Waals surface area contributed by atoms with E-state index in [-0.39, 0.29) is 0 Å². The molecule has 0 heterocycles. The third-order valence-corrected chi connectivity index (χ3v) is 1.65. The van der Waals surface area contributed by atoms with Crippen molar-refractivity contribution in [1.82, 2.24) is 0 Å². The summed E-state index contributed by atoms with van der Waals surface area (Å²) in [5.41, 5.74) is 0. The minimum atomic E-state index is 0.586. The van der Waals surface area contributed by atoms with Crippen LogP contribution in [0.3, 0.4) is 0 Å². The molecule has 0 fully saturated rings. The van der Waals surface area contributed by atoms with Gasteiger partial charge in [0, 0.05) is 6.42 Å². The highest BCUT2D eigenvalue weighted by atomic mass is 16.3. The van der Waals surface area contributed by atoms with Crippen molar-refractivity contribution < 1.29 is 5.11 Å². The molecule has 0 aliphatic heterocycles. The molecular formula is C7H12O. The van der Waals surface area contributed by atoms with Crippen LogP contribution >= 0.6 is 0 Å². The summed E-state index contributed by atoms with van der Waals surface area (Å²) >= 11 is 0. The summed E-state index contributed by atoms with van der Waals surface area (Å²) < 4.78 is 0. The zero-order valence-electron chi connectivity index (χ0n) is 5.22. The molecule has 0 bridgehead atoms. The Balaban J connectivity index is 2.42. The Kier molecular flexibility index (Phi) is 1.56. The lowest BCUT2D eigenvalue weighted by molar-refractivity contribution is 0.344. The largest absolute Gasteiger partial charge is 0.513 e. The van der Waals surface area contributed by atoms with E-state index in [9.17, 15) is 0 Å². The van der Waals surface area contributed by atoms with Gasteiger partial charge in [-0.2, -0.15) is 0 Å². The highest BCUT2D eigenvalue weighted by molar-refractivity contribution is 4.95. The molecule has 8 heavy (non-hydrogen) atoms. The summed E-state index contributed by atoms with van der Waals surface area (Å²) in [5, 5.41) is 8.89. The van der Waals surface area contributed by atoms with Crippen molar-refractivity contribution in [1.29, 1.82) is 0 Å². The Hall–Kier alpha value is -0.460. The number of hydrogen-bond donors (Lipinski definition) is 1. The zero-order chi connectivity index (χ0) is 5.98. The molecule has 1 aliphatic carbocycles. The fraction of sp³-hybridized carbons (Fsp3) is 0.714. The lowest BCUT2D eigenvalue weighted by Gasteiger charge is -2.13. The predicted octanol–water partition coefficient (Wildman–Crippen LogP) is 2.25. The predicted molar refractivity (Wildman–Crippen MR) is 33.7 cm³/mol. The van der Waals surface area contributed by atoms with Crippen molar-refractivity contribution >= 4 is 0 Å². The lowest BCUT2D eigenvalue weighted by Crippen LogP contribution is -2.00. The van der Waals surface area contributed by atoms with E-state index in [1.54, 1.807) is 0 Å².